The molecule has 12 N–H and O–H groups in total. The SMILES string of the molecule is CC(C)Cc1ccc(C(C)C(=O)NCCCC[C@H](NC(=O)CN2CCN(CC(=O)O)CCN(CC(=O)O)CCN(CC(=O)O)CC2)C(=O)NCCCCC(=O)NCCCC[C@H](NC(=O)N[C@@H](CCC(=O)O)C(=O)O)C(=O)O)cc1. The molecular weight excluding hydrogens is 1040 g/mol. The van der Waals surface area contributed by atoms with E-state index in [-0.39, 0.29) is 129 Å². The highest BCUT2D eigenvalue weighted by Crippen LogP contribution is 2.18. The van der Waals surface area contributed by atoms with Gasteiger partial charge in [-0.25, -0.2) is 14.4 Å². The lowest BCUT2D eigenvalue weighted by molar-refractivity contribution is -0.141. The van der Waals surface area contributed by atoms with E-state index < -0.39 is 90.5 Å². The van der Waals surface area contributed by atoms with Crippen LogP contribution in [0.5, 0.6) is 0 Å². The van der Waals surface area contributed by atoms with E-state index in [9.17, 15) is 78.3 Å². The standard InChI is InChI=1S/C52H84N10O17/c1-35(2)30-37-13-15-38(16-14-37)36(3)48(73)54-20-8-4-10-39(56-43(64)31-59-22-24-60(32-45(67)68)26-28-62(34-47(71)72)29-27-61(25-23-59)33-46(69)70)49(74)55-21-9-6-12-42(63)53-19-7-5-11-40(50(75)76)57-52(79)58-41(51(77)78)17-18-44(65)66/h13-16,35-36,39-41H,4-12,17-34H2,1-3H3,(H,53,63)(H,54,73)(H,55,74)(H,56,64)(H,65,66)(H,67,68)(H,69,70)(H,71,72)(H,75,76)(H,77,78)(H2,57,58,79)/t36?,39-,40-,41-/m0/s1. The molecule has 1 aliphatic rings. The van der Waals surface area contributed by atoms with Gasteiger partial charge in [0, 0.05) is 84.8 Å². The van der Waals surface area contributed by atoms with Crippen LogP contribution in [0, 0.1) is 5.92 Å². The molecule has 1 unspecified atom stereocenters. The summed E-state index contributed by atoms with van der Waals surface area (Å²) < 4.78 is 0. The molecule has 0 saturated carbocycles. The number of nitrogens with one attached hydrogen (secondary N) is 6. The third-order valence-corrected chi connectivity index (χ3v) is 13.0. The number of urea groups is 1. The topological polar surface area (TPSA) is 394 Å². The Labute approximate surface area is 460 Å². The van der Waals surface area contributed by atoms with Gasteiger partial charge in [-0.05, 0) is 88.2 Å². The maximum absolute atomic E-state index is 13.8. The molecule has 27 heteroatoms. The second-order valence-electron chi connectivity index (χ2n) is 20.2. The number of carbonyl (C=O) groups excluding carboxylic acids is 5. The Morgan fingerprint density at radius 2 is 0.861 bits per heavy atom. The lowest BCUT2D eigenvalue weighted by Gasteiger charge is -2.33. The molecule has 0 aromatic heterocycles. The summed E-state index contributed by atoms with van der Waals surface area (Å²) in [5, 5.41) is 71.9. The summed E-state index contributed by atoms with van der Waals surface area (Å²) in [6, 6.07) is 2.93. The summed E-state index contributed by atoms with van der Waals surface area (Å²) in [5.74, 6) is -8.78. The van der Waals surface area contributed by atoms with E-state index in [1.54, 1.807) is 19.6 Å². The second kappa shape index (κ2) is 37.8. The van der Waals surface area contributed by atoms with Crippen LogP contribution in [0.4, 0.5) is 4.79 Å². The van der Waals surface area contributed by atoms with E-state index in [2.05, 4.69) is 45.7 Å². The average molecular weight is 1120 g/mol. The van der Waals surface area contributed by atoms with Crippen LogP contribution in [0.25, 0.3) is 0 Å². The van der Waals surface area contributed by atoms with Crippen molar-refractivity contribution >= 4 is 65.5 Å². The maximum atomic E-state index is 13.8. The largest absolute Gasteiger partial charge is 0.481 e. The summed E-state index contributed by atoms with van der Waals surface area (Å²) in [6.45, 7) is 7.05. The summed E-state index contributed by atoms with van der Waals surface area (Å²) in [5.41, 5.74) is 2.06. The van der Waals surface area contributed by atoms with Gasteiger partial charge in [-0.2, -0.15) is 0 Å². The maximum Gasteiger partial charge on any atom is 0.326 e. The van der Waals surface area contributed by atoms with Gasteiger partial charge in [-0.3, -0.25) is 58.0 Å². The number of carbonyl (C=O) groups is 11. The zero-order chi connectivity index (χ0) is 58.9. The van der Waals surface area contributed by atoms with Crippen molar-refractivity contribution in [1.82, 2.24) is 51.5 Å². The first-order chi connectivity index (χ1) is 37.4. The van der Waals surface area contributed by atoms with E-state index >= 15 is 0 Å². The Balaban J connectivity index is 2.03. The smallest absolute Gasteiger partial charge is 0.326 e. The first kappa shape index (κ1) is 68.1. The Bertz CT molecular complexity index is 2120. The lowest BCUT2D eigenvalue weighted by atomic mass is 9.96. The van der Waals surface area contributed by atoms with Gasteiger partial charge in [0.2, 0.25) is 23.6 Å². The monoisotopic (exact) mass is 1120 g/mol. The molecule has 444 valence electrons. The Kier molecular flexibility index (Phi) is 32.6. The van der Waals surface area contributed by atoms with Gasteiger partial charge in [0.1, 0.15) is 18.1 Å². The fourth-order valence-corrected chi connectivity index (χ4v) is 8.58. The predicted octanol–water partition coefficient (Wildman–Crippen LogP) is -0.121. The molecule has 1 aromatic carbocycles. The number of carboxylic acid groups (broad SMARTS) is 6. The van der Waals surface area contributed by atoms with Gasteiger partial charge >= 0.3 is 41.8 Å². The van der Waals surface area contributed by atoms with Crippen LogP contribution in [-0.4, -0.2) is 232 Å². The molecule has 27 nitrogen and oxygen atoms in total. The molecular formula is C52H84N10O17. The van der Waals surface area contributed by atoms with Crippen LogP contribution < -0.4 is 31.9 Å². The highest BCUT2D eigenvalue weighted by Gasteiger charge is 2.27. The summed E-state index contributed by atoms with van der Waals surface area (Å²) in [6.07, 6.45) is 2.51. The third kappa shape index (κ3) is 31.3. The molecule has 0 radical (unpaired) electrons. The Hall–Kier alpha value is -6.97. The fraction of sp³-hybridized carbons (Fsp3) is 0.673. The van der Waals surface area contributed by atoms with Gasteiger partial charge in [-0.1, -0.05) is 38.1 Å². The van der Waals surface area contributed by atoms with E-state index in [4.69, 9.17) is 5.11 Å². The molecule has 0 aliphatic carbocycles. The molecule has 1 saturated heterocycles. The van der Waals surface area contributed by atoms with Crippen LogP contribution in [0.1, 0.15) is 108 Å². The number of amides is 6. The Morgan fingerprint density at radius 1 is 0.443 bits per heavy atom. The van der Waals surface area contributed by atoms with Gasteiger partial charge in [0.25, 0.3) is 0 Å². The molecule has 1 fully saturated rings. The van der Waals surface area contributed by atoms with Crippen LogP contribution >= 0.6 is 0 Å². The minimum atomic E-state index is -1.55. The minimum Gasteiger partial charge on any atom is -0.481 e. The van der Waals surface area contributed by atoms with Crippen molar-refractivity contribution in [1.29, 1.82) is 0 Å². The number of benzene rings is 1. The highest BCUT2D eigenvalue weighted by molar-refractivity contribution is 5.88. The van der Waals surface area contributed by atoms with E-state index in [0.29, 0.717) is 44.6 Å². The first-order valence-corrected chi connectivity index (χ1v) is 26.9. The quantitative estimate of drug-likeness (QED) is 0.0390. The first-order valence-electron chi connectivity index (χ1n) is 26.9. The van der Waals surface area contributed by atoms with Crippen LogP contribution in [-0.2, 0) is 54.4 Å². The van der Waals surface area contributed by atoms with Crippen LogP contribution in [0.2, 0.25) is 0 Å². The van der Waals surface area contributed by atoms with Gasteiger partial charge in [0.15, 0.2) is 0 Å². The highest BCUT2D eigenvalue weighted by atomic mass is 16.4. The van der Waals surface area contributed by atoms with Crippen molar-refractivity contribution < 1.29 is 83.4 Å². The molecule has 1 aliphatic heterocycles. The van der Waals surface area contributed by atoms with Gasteiger partial charge in [-0.15, -0.1) is 0 Å². The summed E-state index contributed by atoms with van der Waals surface area (Å²) >= 11 is 0. The number of hydrogen-bond donors (Lipinski definition) is 12. The van der Waals surface area contributed by atoms with Crippen LogP contribution in [0.15, 0.2) is 24.3 Å². The van der Waals surface area contributed by atoms with Gasteiger partial charge < -0.3 is 62.5 Å². The number of nitrogens with zero attached hydrogens (tertiary/aromatic N) is 4. The van der Waals surface area contributed by atoms with Crippen LogP contribution in [0.3, 0.4) is 0 Å². The zero-order valence-corrected chi connectivity index (χ0v) is 45.8. The molecule has 6 amide bonds. The molecule has 79 heavy (non-hydrogen) atoms. The predicted molar refractivity (Wildman–Crippen MR) is 286 cm³/mol. The number of aliphatic carboxylic acids is 6. The van der Waals surface area contributed by atoms with Gasteiger partial charge in [0.05, 0.1) is 32.1 Å². The molecule has 2 rings (SSSR count). The second-order valence-corrected chi connectivity index (χ2v) is 20.2. The van der Waals surface area contributed by atoms with Crippen molar-refractivity contribution in [3.8, 4) is 0 Å². The lowest BCUT2D eigenvalue weighted by Crippen LogP contribution is -2.52. The van der Waals surface area contributed by atoms with Crippen molar-refractivity contribution in [2.75, 3.05) is 98.2 Å². The number of carboxylic acids is 6. The Morgan fingerprint density at radius 3 is 1.30 bits per heavy atom. The average Bonchev–Trinajstić information content (AvgIpc) is 3.36. The van der Waals surface area contributed by atoms with Crippen molar-refractivity contribution in [3.05, 3.63) is 35.4 Å². The molecule has 4 atom stereocenters. The van der Waals surface area contributed by atoms with Crippen molar-refractivity contribution in [3.63, 3.8) is 0 Å². The van der Waals surface area contributed by atoms with Crippen molar-refractivity contribution in [2.45, 2.75) is 122 Å². The zero-order valence-electron chi connectivity index (χ0n) is 45.8. The van der Waals surface area contributed by atoms with E-state index in [1.807, 2.05) is 31.2 Å². The number of hydrogen-bond acceptors (Lipinski definition) is 15. The van der Waals surface area contributed by atoms with E-state index in [1.165, 1.54) is 5.56 Å². The third-order valence-electron chi connectivity index (χ3n) is 13.0. The molecule has 1 aromatic rings. The number of unbranched alkanes of at least 4 members (excludes halogenated alkanes) is 3. The molecule has 0 bridgehead atoms. The number of rotatable bonds is 36. The normalized spacial score (nSPS) is 15.6. The summed E-state index contributed by atoms with van der Waals surface area (Å²) in [7, 11) is 0. The minimum absolute atomic E-state index is 0.0481. The summed E-state index contributed by atoms with van der Waals surface area (Å²) in [4.78, 5) is 141. The van der Waals surface area contributed by atoms with E-state index in [0.717, 1.165) is 12.0 Å². The molecule has 1 heterocycles. The molecule has 0 spiro atoms. The fourth-order valence-electron chi connectivity index (χ4n) is 8.58. The van der Waals surface area contributed by atoms with Crippen molar-refractivity contribution in [2.24, 2.45) is 5.92 Å².